The topological polar surface area (TPSA) is 68.8 Å². The van der Waals surface area contributed by atoms with E-state index in [1.54, 1.807) is 6.20 Å². The molecular formula is C16H19N5. The van der Waals surface area contributed by atoms with E-state index in [0.717, 1.165) is 35.4 Å². The predicted octanol–water partition coefficient (Wildman–Crippen LogP) is 2.39. The number of nitrogens with zero attached hydrogens (tertiary/aromatic N) is 3. The lowest BCUT2D eigenvalue weighted by Crippen LogP contribution is -2.31. The molecule has 5 nitrogen and oxygen atoms in total. The number of hydrogen-bond donors (Lipinski definition) is 2. The molecule has 0 amide bonds. The lowest BCUT2D eigenvalue weighted by Gasteiger charge is -2.17. The third kappa shape index (κ3) is 2.66. The van der Waals surface area contributed by atoms with E-state index in [-0.39, 0.29) is 6.04 Å². The summed E-state index contributed by atoms with van der Waals surface area (Å²) < 4.78 is 2.11. The van der Waals surface area contributed by atoms with Crippen LogP contribution in [-0.4, -0.2) is 14.5 Å². The van der Waals surface area contributed by atoms with Crippen LogP contribution in [0.25, 0.3) is 10.9 Å². The van der Waals surface area contributed by atoms with Crippen molar-refractivity contribution >= 4 is 10.9 Å². The molecule has 2 heterocycles. The van der Waals surface area contributed by atoms with Crippen LogP contribution in [0.1, 0.15) is 30.9 Å². The summed E-state index contributed by atoms with van der Waals surface area (Å²) in [6, 6.07) is 11.9. The third-order valence-electron chi connectivity index (χ3n) is 3.55. The first-order chi connectivity index (χ1) is 10.3. The van der Waals surface area contributed by atoms with Crippen LogP contribution in [0.5, 0.6) is 0 Å². The Balaban J connectivity index is 2.03. The van der Waals surface area contributed by atoms with Gasteiger partial charge in [-0.15, -0.1) is 0 Å². The van der Waals surface area contributed by atoms with E-state index >= 15 is 0 Å². The number of rotatable bonds is 5. The molecule has 3 aromatic rings. The summed E-state index contributed by atoms with van der Waals surface area (Å²) in [7, 11) is 0. The van der Waals surface area contributed by atoms with Crippen molar-refractivity contribution in [1.29, 1.82) is 0 Å². The number of fused-ring (bicyclic) bond motifs is 1. The summed E-state index contributed by atoms with van der Waals surface area (Å²) in [5.41, 5.74) is 4.68. The molecule has 1 atom stereocenters. The van der Waals surface area contributed by atoms with Crippen molar-refractivity contribution in [2.24, 2.45) is 5.84 Å². The highest BCUT2D eigenvalue weighted by Crippen LogP contribution is 2.21. The van der Waals surface area contributed by atoms with E-state index < -0.39 is 0 Å². The molecule has 5 heteroatoms. The Hall–Kier alpha value is -2.24. The van der Waals surface area contributed by atoms with Gasteiger partial charge in [0.25, 0.3) is 0 Å². The first-order valence-corrected chi connectivity index (χ1v) is 7.16. The molecule has 0 saturated heterocycles. The number of nitrogens with two attached hydrogens (primary N) is 1. The standard InChI is InChI=1S/C16H19N5/c1-2-10-21-11-9-18-16(21)15(20-17)14-8-7-12-5-3-4-6-13(12)19-14/h3-9,11,15,20H,2,10,17H2,1H3. The van der Waals surface area contributed by atoms with E-state index in [1.165, 1.54) is 0 Å². The van der Waals surface area contributed by atoms with Gasteiger partial charge in [0.1, 0.15) is 11.9 Å². The molecular weight excluding hydrogens is 262 g/mol. The Labute approximate surface area is 123 Å². The average molecular weight is 281 g/mol. The van der Waals surface area contributed by atoms with Crippen LogP contribution >= 0.6 is 0 Å². The van der Waals surface area contributed by atoms with Gasteiger partial charge in [-0.05, 0) is 18.6 Å². The van der Waals surface area contributed by atoms with Crippen LogP contribution in [0, 0.1) is 0 Å². The van der Waals surface area contributed by atoms with Gasteiger partial charge >= 0.3 is 0 Å². The van der Waals surface area contributed by atoms with Crippen molar-refractivity contribution < 1.29 is 0 Å². The molecule has 1 unspecified atom stereocenters. The second-order valence-corrected chi connectivity index (χ2v) is 5.01. The first-order valence-electron chi connectivity index (χ1n) is 7.16. The summed E-state index contributed by atoms with van der Waals surface area (Å²) in [4.78, 5) is 9.15. The maximum Gasteiger partial charge on any atom is 0.133 e. The molecule has 0 aliphatic rings. The Morgan fingerprint density at radius 2 is 2.10 bits per heavy atom. The largest absolute Gasteiger partial charge is 0.333 e. The summed E-state index contributed by atoms with van der Waals surface area (Å²) in [6.45, 7) is 3.06. The highest BCUT2D eigenvalue weighted by molar-refractivity contribution is 5.78. The molecule has 0 aliphatic heterocycles. The number of para-hydroxylation sites is 1. The van der Waals surface area contributed by atoms with Crippen LogP contribution < -0.4 is 11.3 Å². The predicted molar refractivity (Wildman–Crippen MR) is 83.4 cm³/mol. The van der Waals surface area contributed by atoms with E-state index in [4.69, 9.17) is 10.8 Å². The minimum atomic E-state index is -0.212. The molecule has 0 bridgehead atoms. The van der Waals surface area contributed by atoms with Crippen molar-refractivity contribution in [2.45, 2.75) is 25.9 Å². The SMILES string of the molecule is CCCn1ccnc1C(NN)c1ccc2ccccc2n1. The molecule has 0 spiro atoms. The van der Waals surface area contributed by atoms with Crippen molar-refractivity contribution in [3.05, 3.63) is 60.3 Å². The van der Waals surface area contributed by atoms with Crippen LogP contribution in [0.4, 0.5) is 0 Å². The number of aryl methyl sites for hydroxylation is 1. The van der Waals surface area contributed by atoms with Crippen LogP contribution in [0.3, 0.4) is 0 Å². The summed E-state index contributed by atoms with van der Waals surface area (Å²) in [5.74, 6) is 6.65. The lowest BCUT2D eigenvalue weighted by atomic mass is 10.1. The Morgan fingerprint density at radius 1 is 1.24 bits per heavy atom. The fourth-order valence-electron chi connectivity index (χ4n) is 2.55. The summed E-state index contributed by atoms with van der Waals surface area (Å²) in [6.07, 6.45) is 4.83. The highest BCUT2D eigenvalue weighted by Gasteiger charge is 2.19. The number of aromatic nitrogens is 3. The van der Waals surface area contributed by atoms with Gasteiger partial charge in [0.05, 0.1) is 11.2 Å². The Morgan fingerprint density at radius 3 is 2.90 bits per heavy atom. The van der Waals surface area contributed by atoms with E-state index in [1.807, 2.05) is 30.5 Å². The minimum Gasteiger partial charge on any atom is -0.333 e. The summed E-state index contributed by atoms with van der Waals surface area (Å²) in [5, 5.41) is 1.12. The van der Waals surface area contributed by atoms with Crippen molar-refractivity contribution in [3.8, 4) is 0 Å². The molecule has 0 radical (unpaired) electrons. The molecule has 2 aromatic heterocycles. The number of benzene rings is 1. The third-order valence-corrected chi connectivity index (χ3v) is 3.55. The molecule has 21 heavy (non-hydrogen) atoms. The second-order valence-electron chi connectivity index (χ2n) is 5.01. The zero-order chi connectivity index (χ0) is 14.7. The van der Waals surface area contributed by atoms with Gasteiger partial charge in [0.15, 0.2) is 0 Å². The van der Waals surface area contributed by atoms with E-state index in [9.17, 15) is 0 Å². The van der Waals surface area contributed by atoms with Crippen LogP contribution in [0.15, 0.2) is 48.8 Å². The van der Waals surface area contributed by atoms with Crippen molar-refractivity contribution in [1.82, 2.24) is 20.0 Å². The van der Waals surface area contributed by atoms with Gasteiger partial charge in [0, 0.05) is 24.3 Å². The first kappa shape index (κ1) is 13.7. The van der Waals surface area contributed by atoms with E-state index in [2.05, 4.69) is 34.0 Å². The maximum atomic E-state index is 5.76. The quantitative estimate of drug-likeness (QED) is 0.556. The smallest absolute Gasteiger partial charge is 0.133 e. The van der Waals surface area contributed by atoms with Gasteiger partial charge in [-0.1, -0.05) is 31.2 Å². The number of hydrazine groups is 1. The van der Waals surface area contributed by atoms with E-state index in [0.29, 0.717) is 0 Å². The minimum absolute atomic E-state index is 0.212. The zero-order valence-electron chi connectivity index (χ0n) is 12.0. The van der Waals surface area contributed by atoms with Gasteiger partial charge in [-0.3, -0.25) is 10.8 Å². The van der Waals surface area contributed by atoms with Crippen molar-refractivity contribution in [2.75, 3.05) is 0 Å². The zero-order valence-corrected chi connectivity index (χ0v) is 12.0. The molecule has 3 rings (SSSR count). The number of pyridine rings is 1. The normalized spacial score (nSPS) is 12.7. The number of imidazole rings is 1. The van der Waals surface area contributed by atoms with Gasteiger partial charge in [0.2, 0.25) is 0 Å². The van der Waals surface area contributed by atoms with Gasteiger partial charge in [-0.25, -0.2) is 10.4 Å². The Bertz CT molecular complexity index is 734. The fourth-order valence-corrected chi connectivity index (χ4v) is 2.55. The van der Waals surface area contributed by atoms with Crippen LogP contribution in [0.2, 0.25) is 0 Å². The summed E-state index contributed by atoms with van der Waals surface area (Å²) >= 11 is 0. The molecule has 0 saturated carbocycles. The second kappa shape index (κ2) is 6.03. The molecule has 0 fully saturated rings. The van der Waals surface area contributed by atoms with Crippen molar-refractivity contribution in [3.63, 3.8) is 0 Å². The average Bonchev–Trinajstić information content (AvgIpc) is 2.97. The van der Waals surface area contributed by atoms with Crippen LogP contribution in [-0.2, 0) is 6.54 Å². The number of hydrogen-bond acceptors (Lipinski definition) is 4. The van der Waals surface area contributed by atoms with Gasteiger partial charge < -0.3 is 4.57 Å². The molecule has 3 N–H and O–H groups in total. The molecule has 0 aliphatic carbocycles. The number of nitrogens with one attached hydrogen (secondary N) is 1. The maximum absolute atomic E-state index is 5.76. The highest BCUT2D eigenvalue weighted by atomic mass is 15.3. The Kier molecular flexibility index (Phi) is 3.94. The monoisotopic (exact) mass is 281 g/mol. The van der Waals surface area contributed by atoms with Gasteiger partial charge in [-0.2, -0.15) is 0 Å². The fraction of sp³-hybridized carbons (Fsp3) is 0.250. The molecule has 1 aromatic carbocycles. The molecule has 108 valence electrons. The lowest BCUT2D eigenvalue weighted by molar-refractivity contribution is 0.537.